The number of aliphatic hydroxyl groups excluding tert-OH is 1. The van der Waals surface area contributed by atoms with E-state index < -0.39 is 24.1 Å². The van der Waals surface area contributed by atoms with Crippen LogP contribution in [0.5, 0.6) is 0 Å². The van der Waals surface area contributed by atoms with Crippen LogP contribution < -0.4 is 10.6 Å². The largest absolute Gasteiger partial charge is 0.391 e. The first-order valence-electron chi connectivity index (χ1n) is 5.72. The lowest BCUT2D eigenvalue weighted by molar-refractivity contribution is -0.120. The average molecular weight is 337 g/mol. The zero-order valence-electron chi connectivity index (χ0n) is 10.9. The van der Waals surface area contributed by atoms with Crippen LogP contribution in [0.3, 0.4) is 0 Å². The molecule has 1 rings (SSSR count). The Hall–Kier alpha value is -1.85. The van der Waals surface area contributed by atoms with Crippen molar-refractivity contribution in [1.29, 1.82) is 0 Å². The fraction of sp³-hybridized carbons (Fsp3) is 0.556. The summed E-state index contributed by atoms with van der Waals surface area (Å²) in [6, 6.07) is -2.23. The van der Waals surface area contributed by atoms with E-state index in [-0.39, 0.29) is 17.6 Å². The number of aliphatic hydroxyl groups is 1. The van der Waals surface area contributed by atoms with Crippen molar-refractivity contribution in [2.24, 2.45) is 5.29 Å². The van der Waals surface area contributed by atoms with Crippen molar-refractivity contribution in [3.05, 3.63) is 10.4 Å². The van der Waals surface area contributed by atoms with Gasteiger partial charge in [0, 0.05) is 5.88 Å². The summed E-state index contributed by atoms with van der Waals surface area (Å²) < 4.78 is 0. The average Bonchev–Trinajstić information content (AvgIpc) is 2.94. The molecule has 12 heteroatoms. The highest BCUT2D eigenvalue weighted by Crippen LogP contribution is 2.09. The fourth-order valence-corrected chi connectivity index (χ4v) is 1.89. The first kappa shape index (κ1) is 17.2. The van der Waals surface area contributed by atoms with Gasteiger partial charge in [-0.1, -0.05) is 11.3 Å². The van der Waals surface area contributed by atoms with Crippen LogP contribution >= 0.6 is 22.9 Å². The lowest BCUT2D eigenvalue weighted by Gasteiger charge is -2.22. The Morgan fingerprint density at radius 2 is 2.33 bits per heavy atom. The highest BCUT2D eigenvalue weighted by Gasteiger charge is 2.28. The van der Waals surface area contributed by atoms with E-state index in [0.717, 1.165) is 11.3 Å². The van der Waals surface area contributed by atoms with Gasteiger partial charge in [0.2, 0.25) is 5.13 Å². The van der Waals surface area contributed by atoms with Crippen molar-refractivity contribution in [2.75, 3.05) is 17.7 Å². The van der Waals surface area contributed by atoms with Crippen LogP contribution in [0.15, 0.2) is 10.8 Å². The number of aromatic nitrogens is 2. The maximum absolute atomic E-state index is 12.0. The quantitative estimate of drug-likeness (QED) is 0.368. The molecule has 0 saturated carbocycles. The molecule has 0 unspecified atom stereocenters. The van der Waals surface area contributed by atoms with E-state index in [1.54, 1.807) is 0 Å². The van der Waals surface area contributed by atoms with Crippen molar-refractivity contribution in [1.82, 2.24) is 20.5 Å². The normalized spacial score (nSPS) is 13.1. The van der Waals surface area contributed by atoms with Crippen LogP contribution in [0.2, 0.25) is 0 Å². The Morgan fingerprint density at radius 1 is 1.62 bits per heavy atom. The Labute approximate surface area is 128 Å². The number of hydrogen-bond acceptors (Lipinski definition) is 8. The molecule has 0 spiro atoms. The molecule has 21 heavy (non-hydrogen) atoms. The van der Waals surface area contributed by atoms with Crippen LogP contribution in [0.1, 0.15) is 6.92 Å². The second-order valence-corrected chi connectivity index (χ2v) is 5.01. The van der Waals surface area contributed by atoms with Crippen LogP contribution in [0.4, 0.5) is 9.93 Å². The summed E-state index contributed by atoms with van der Waals surface area (Å²) in [6.07, 6.45) is -1.20. The number of anilines is 1. The van der Waals surface area contributed by atoms with Crippen molar-refractivity contribution < 1.29 is 14.7 Å². The van der Waals surface area contributed by atoms with Gasteiger partial charge in [0.1, 0.15) is 11.6 Å². The predicted molar refractivity (Wildman–Crippen MR) is 75.8 cm³/mol. The molecule has 0 aliphatic carbocycles. The number of halogens is 1. The van der Waals surface area contributed by atoms with E-state index in [0.29, 0.717) is 5.01 Å². The Balaban J connectivity index is 2.70. The standard InChI is InChI=1S/C9H13ClN6O4S/c1-5(17)6(7(18)13-8-14-11-4-21-8)12-9(19)16(15-20)3-2-10/h4-6,17H,2-3H2,1H3,(H,12,19)(H,13,14,18)/t5-,6+/m1/s1. The van der Waals surface area contributed by atoms with Crippen LogP contribution in [0, 0.1) is 4.91 Å². The van der Waals surface area contributed by atoms with Crippen molar-refractivity contribution in [2.45, 2.75) is 19.1 Å². The minimum atomic E-state index is -1.29. The molecule has 10 nitrogen and oxygen atoms in total. The molecule has 0 aliphatic rings. The fourth-order valence-electron chi connectivity index (χ4n) is 1.28. The second kappa shape index (κ2) is 8.44. The number of nitrogens with one attached hydrogen (secondary N) is 2. The molecule has 0 saturated heterocycles. The van der Waals surface area contributed by atoms with Gasteiger partial charge in [0.25, 0.3) is 5.91 Å². The summed E-state index contributed by atoms with van der Waals surface area (Å²) in [7, 11) is 0. The number of carbonyl (C=O) groups excluding carboxylic acids is 2. The molecule has 3 N–H and O–H groups in total. The van der Waals surface area contributed by atoms with Gasteiger partial charge >= 0.3 is 6.03 Å². The monoisotopic (exact) mass is 336 g/mol. The predicted octanol–water partition coefficient (Wildman–Crippen LogP) is 0.158. The number of carbonyl (C=O) groups is 2. The minimum absolute atomic E-state index is 0.00448. The molecular formula is C9H13ClN6O4S. The number of urea groups is 1. The molecule has 0 radical (unpaired) electrons. The maximum Gasteiger partial charge on any atom is 0.341 e. The molecule has 1 aromatic heterocycles. The maximum atomic E-state index is 12.0. The number of amides is 3. The van der Waals surface area contributed by atoms with Crippen molar-refractivity contribution in [3.63, 3.8) is 0 Å². The highest BCUT2D eigenvalue weighted by molar-refractivity contribution is 7.13. The Morgan fingerprint density at radius 3 is 2.81 bits per heavy atom. The molecule has 1 aromatic rings. The van der Waals surface area contributed by atoms with E-state index in [1.165, 1.54) is 12.4 Å². The molecule has 0 fully saturated rings. The lowest BCUT2D eigenvalue weighted by Crippen LogP contribution is -2.53. The molecule has 2 atom stereocenters. The van der Waals surface area contributed by atoms with E-state index in [9.17, 15) is 19.6 Å². The second-order valence-electron chi connectivity index (χ2n) is 3.79. The van der Waals surface area contributed by atoms with E-state index in [4.69, 9.17) is 11.6 Å². The number of nitroso groups, excluding NO2 is 1. The number of rotatable bonds is 7. The lowest BCUT2D eigenvalue weighted by atomic mass is 10.1. The molecule has 0 aromatic carbocycles. The summed E-state index contributed by atoms with van der Waals surface area (Å²) >= 11 is 6.49. The Kier molecular flexibility index (Phi) is 6.91. The first-order chi connectivity index (χ1) is 9.99. The van der Waals surface area contributed by atoms with Crippen molar-refractivity contribution >= 4 is 40.0 Å². The summed E-state index contributed by atoms with van der Waals surface area (Å²) in [5, 5.41) is 24.5. The third-order valence-electron chi connectivity index (χ3n) is 2.26. The Bertz CT molecular complexity index is 485. The van der Waals surface area contributed by atoms with Gasteiger partial charge in [-0.25, -0.2) is 4.79 Å². The van der Waals surface area contributed by atoms with Gasteiger partial charge < -0.3 is 10.4 Å². The van der Waals surface area contributed by atoms with Gasteiger partial charge in [0.15, 0.2) is 0 Å². The van der Waals surface area contributed by atoms with Crippen LogP contribution in [0.25, 0.3) is 0 Å². The topological polar surface area (TPSA) is 137 Å². The van der Waals surface area contributed by atoms with Gasteiger partial charge in [-0.15, -0.1) is 26.7 Å². The molecular weight excluding hydrogens is 324 g/mol. The third kappa shape index (κ3) is 5.21. The van der Waals surface area contributed by atoms with Crippen LogP contribution in [-0.2, 0) is 4.79 Å². The first-order valence-corrected chi connectivity index (χ1v) is 7.13. The van der Waals surface area contributed by atoms with Gasteiger partial charge in [-0.05, 0) is 6.92 Å². The number of hydrogen-bond donors (Lipinski definition) is 3. The molecule has 0 aliphatic heterocycles. The number of nitrogens with zero attached hydrogens (tertiary/aromatic N) is 4. The molecule has 1 heterocycles. The van der Waals surface area contributed by atoms with Gasteiger partial charge in [-0.2, -0.15) is 5.01 Å². The van der Waals surface area contributed by atoms with E-state index >= 15 is 0 Å². The zero-order chi connectivity index (χ0) is 15.8. The van der Waals surface area contributed by atoms with E-state index in [1.807, 2.05) is 0 Å². The van der Waals surface area contributed by atoms with Gasteiger partial charge in [-0.3, -0.25) is 10.1 Å². The summed E-state index contributed by atoms with van der Waals surface area (Å²) in [5.41, 5.74) is 1.41. The highest BCUT2D eigenvalue weighted by atomic mass is 35.5. The third-order valence-corrected chi connectivity index (χ3v) is 3.04. The van der Waals surface area contributed by atoms with Gasteiger partial charge in [0.05, 0.1) is 17.9 Å². The summed E-state index contributed by atoms with van der Waals surface area (Å²) in [4.78, 5) is 34.2. The van der Waals surface area contributed by atoms with E-state index in [2.05, 4.69) is 26.1 Å². The SMILES string of the molecule is C[C@@H](O)[C@H](NC(=O)N(CCCl)N=O)C(=O)Nc1nncs1. The molecule has 3 amide bonds. The van der Waals surface area contributed by atoms with Crippen LogP contribution in [-0.4, -0.2) is 56.8 Å². The number of alkyl halides is 1. The molecule has 0 bridgehead atoms. The molecule has 116 valence electrons. The summed E-state index contributed by atoms with van der Waals surface area (Å²) in [5.74, 6) is -0.706. The summed E-state index contributed by atoms with van der Waals surface area (Å²) in [6.45, 7) is 1.19. The zero-order valence-corrected chi connectivity index (χ0v) is 12.5. The minimum Gasteiger partial charge on any atom is -0.391 e. The van der Waals surface area contributed by atoms with Crippen molar-refractivity contribution in [3.8, 4) is 0 Å². The smallest absolute Gasteiger partial charge is 0.341 e.